The van der Waals surface area contributed by atoms with E-state index in [0.717, 1.165) is 0 Å². The minimum absolute atomic E-state index is 0.0476. The monoisotopic (exact) mass is 360 g/mol. The number of rotatable bonds is 7. The van der Waals surface area contributed by atoms with E-state index >= 15 is 0 Å². The van der Waals surface area contributed by atoms with Gasteiger partial charge in [-0.25, -0.2) is 4.79 Å². The van der Waals surface area contributed by atoms with Crippen molar-refractivity contribution in [3.05, 3.63) is 65.2 Å². The van der Waals surface area contributed by atoms with Gasteiger partial charge in [0.1, 0.15) is 5.75 Å². The molecule has 0 aliphatic rings. The van der Waals surface area contributed by atoms with Crippen LogP contribution in [0, 0.1) is 0 Å². The molecular formula is C17H16N2O5S. The molecule has 0 fully saturated rings. The zero-order chi connectivity index (χ0) is 18.4. The number of hydrogen-bond donors (Lipinski definition) is 3. The van der Waals surface area contributed by atoms with Crippen molar-refractivity contribution in [2.24, 2.45) is 5.73 Å². The second-order valence-electron chi connectivity index (χ2n) is 5.19. The molecule has 1 unspecified atom stereocenters. The number of anilines is 1. The van der Waals surface area contributed by atoms with Crippen LogP contribution in [0.3, 0.4) is 0 Å². The van der Waals surface area contributed by atoms with E-state index in [1.54, 1.807) is 24.3 Å². The van der Waals surface area contributed by atoms with Crippen LogP contribution >= 0.6 is 0 Å². The number of para-hydroxylation sites is 1. The molecular weight excluding hydrogens is 344 g/mol. The second-order valence-corrected chi connectivity index (χ2v) is 6.65. The van der Waals surface area contributed by atoms with Crippen LogP contribution < -0.4 is 11.1 Å². The molecule has 7 nitrogen and oxygen atoms in total. The van der Waals surface area contributed by atoms with E-state index in [1.807, 2.05) is 0 Å². The van der Waals surface area contributed by atoms with Crippen molar-refractivity contribution in [2.45, 2.75) is 5.75 Å². The fourth-order valence-electron chi connectivity index (χ4n) is 2.17. The molecule has 130 valence electrons. The number of aromatic carboxylic acids is 1. The third-order valence-corrected chi connectivity index (χ3v) is 4.50. The molecule has 25 heavy (non-hydrogen) atoms. The van der Waals surface area contributed by atoms with Crippen LogP contribution in [0.4, 0.5) is 5.69 Å². The first kappa shape index (κ1) is 18.3. The number of nitrogens with two attached hydrogens (primary N) is 1. The van der Waals surface area contributed by atoms with Gasteiger partial charge in [0, 0.05) is 16.6 Å². The lowest BCUT2D eigenvalue weighted by molar-refractivity contribution is -0.113. The normalized spacial score (nSPS) is 11.5. The van der Waals surface area contributed by atoms with E-state index in [0.29, 0.717) is 5.56 Å². The van der Waals surface area contributed by atoms with E-state index in [2.05, 4.69) is 5.32 Å². The van der Waals surface area contributed by atoms with Crippen molar-refractivity contribution in [3.8, 4) is 0 Å². The molecule has 0 aliphatic carbocycles. The maximum atomic E-state index is 12.1. The standard InChI is InChI=1S/C17H16N2O5S/c18-16(21)13-6-1-2-7-14(13)19-15(20)10-25(24)9-11-4-3-5-12(8-11)17(22)23/h1-8H,9-10H2,(H2,18,21)(H,19,20)(H,22,23). The maximum absolute atomic E-state index is 12.1. The van der Waals surface area contributed by atoms with Gasteiger partial charge in [0.05, 0.1) is 16.8 Å². The Bertz CT molecular complexity index is 850. The fourth-order valence-corrected chi connectivity index (χ4v) is 3.19. The van der Waals surface area contributed by atoms with Gasteiger partial charge >= 0.3 is 5.97 Å². The summed E-state index contributed by atoms with van der Waals surface area (Å²) in [6, 6.07) is 12.3. The topological polar surface area (TPSA) is 127 Å². The third-order valence-electron chi connectivity index (χ3n) is 3.26. The number of carboxylic acid groups (broad SMARTS) is 1. The molecule has 0 radical (unpaired) electrons. The fraction of sp³-hybridized carbons (Fsp3) is 0.118. The van der Waals surface area contributed by atoms with Gasteiger partial charge in [-0.2, -0.15) is 0 Å². The molecule has 2 aromatic carbocycles. The summed E-state index contributed by atoms with van der Waals surface area (Å²) >= 11 is 0. The van der Waals surface area contributed by atoms with Gasteiger partial charge in [-0.05, 0) is 29.8 Å². The molecule has 1 atom stereocenters. The predicted octanol–water partition coefficient (Wildman–Crippen LogP) is 1.37. The number of carboxylic acids is 1. The molecule has 8 heteroatoms. The summed E-state index contributed by atoms with van der Waals surface area (Å²) in [6.45, 7) is 0. The number of amides is 2. The summed E-state index contributed by atoms with van der Waals surface area (Å²) < 4.78 is 12.1. The number of nitrogens with one attached hydrogen (secondary N) is 1. The van der Waals surface area contributed by atoms with E-state index in [-0.39, 0.29) is 28.3 Å². The highest BCUT2D eigenvalue weighted by atomic mass is 32.2. The molecule has 0 heterocycles. The molecule has 2 amide bonds. The molecule has 0 aliphatic heterocycles. The molecule has 4 N–H and O–H groups in total. The van der Waals surface area contributed by atoms with Crippen molar-refractivity contribution >= 4 is 34.3 Å². The number of hydrogen-bond acceptors (Lipinski definition) is 4. The van der Waals surface area contributed by atoms with E-state index in [1.165, 1.54) is 24.3 Å². The van der Waals surface area contributed by atoms with Crippen LogP contribution in [0.15, 0.2) is 48.5 Å². The average molecular weight is 360 g/mol. The van der Waals surface area contributed by atoms with Crippen LogP contribution in [-0.2, 0) is 21.3 Å². The van der Waals surface area contributed by atoms with Crippen molar-refractivity contribution in [2.75, 3.05) is 11.1 Å². The smallest absolute Gasteiger partial charge is 0.335 e. The van der Waals surface area contributed by atoms with Crippen LogP contribution in [0.5, 0.6) is 0 Å². The van der Waals surface area contributed by atoms with Gasteiger partial charge in [-0.1, -0.05) is 24.3 Å². The van der Waals surface area contributed by atoms with Gasteiger partial charge in [-0.3, -0.25) is 13.8 Å². The highest BCUT2D eigenvalue weighted by molar-refractivity contribution is 7.84. The number of carbonyl (C=O) groups excluding carboxylic acids is 2. The van der Waals surface area contributed by atoms with Gasteiger partial charge in [0.15, 0.2) is 0 Å². The third kappa shape index (κ3) is 5.25. The van der Waals surface area contributed by atoms with Crippen LogP contribution in [0.2, 0.25) is 0 Å². The summed E-state index contributed by atoms with van der Waals surface area (Å²) in [4.78, 5) is 34.3. The number of benzene rings is 2. The van der Waals surface area contributed by atoms with Crippen molar-refractivity contribution < 1.29 is 23.7 Å². The van der Waals surface area contributed by atoms with Gasteiger partial charge < -0.3 is 16.2 Å². The molecule has 0 spiro atoms. The Hall–Kier alpha value is -3.00. The van der Waals surface area contributed by atoms with E-state index < -0.39 is 28.6 Å². The number of carbonyl (C=O) groups is 3. The lowest BCUT2D eigenvalue weighted by Gasteiger charge is -2.09. The lowest BCUT2D eigenvalue weighted by Crippen LogP contribution is -2.22. The largest absolute Gasteiger partial charge is 0.478 e. The Morgan fingerprint density at radius 2 is 1.80 bits per heavy atom. The maximum Gasteiger partial charge on any atom is 0.335 e. The highest BCUT2D eigenvalue weighted by Crippen LogP contribution is 2.14. The van der Waals surface area contributed by atoms with Crippen molar-refractivity contribution in [3.63, 3.8) is 0 Å². The summed E-state index contributed by atoms with van der Waals surface area (Å²) in [7, 11) is -1.53. The quantitative estimate of drug-likeness (QED) is 0.687. The summed E-state index contributed by atoms with van der Waals surface area (Å²) in [5.74, 6) is -2.52. The molecule has 0 saturated heterocycles. The first-order valence-corrected chi connectivity index (χ1v) is 8.71. The van der Waals surface area contributed by atoms with E-state index in [4.69, 9.17) is 10.8 Å². The minimum atomic E-state index is -1.53. The first-order chi connectivity index (χ1) is 11.9. The average Bonchev–Trinajstić information content (AvgIpc) is 2.55. The second kappa shape index (κ2) is 8.20. The van der Waals surface area contributed by atoms with Gasteiger partial charge in [-0.15, -0.1) is 0 Å². The van der Waals surface area contributed by atoms with Crippen LogP contribution in [0.1, 0.15) is 26.3 Å². The molecule has 0 aromatic heterocycles. The molecule has 2 rings (SSSR count). The Labute approximate surface area is 146 Å². The predicted molar refractivity (Wildman–Crippen MR) is 93.7 cm³/mol. The number of primary amides is 1. The Morgan fingerprint density at radius 3 is 2.48 bits per heavy atom. The highest BCUT2D eigenvalue weighted by Gasteiger charge is 2.13. The summed E-state index contributed by atoms with van der Waals surface area (Å²) in [5, 5.41) is 11.5. The van der Waals surface area contributed by atoms with Crippen LogP contribution in [0.25, 0.3) is 0 Å². The Morgan fingerprint density at radius 1 is 1.08 bits per heavy atom. The summed E-state index contributed by atoms with van der Waals surface area (Å²) in [5.41, 5.74) is 6.30. The van der Waals surface area contributed by atoms with Crippen molar-refractivity contribution in [1.82, 2.24) is 0 Å². The molecule has 0 bridgehead atoms. The zero-order valence-electron chi connectivity index (χ0n) is 13.1. The van der Waals surface area contributed by atoms with Crippen molar-refractivity contribution in [1.29, 1.82) is 0 Å². The summed E-state index contributed by atoms with van der Waals surface area (Å²) in [6.07, 6.45) is 0. The first-order valence-electron chi connectivity index (χ1n) is 7.22. The van der Waals surface area contributed by atoms with Crippen LogP contribution in [-0.4, -0.2) is 32.9 Å². The Balaban J connectivity index is 1.99. The SMILES string of the molecule is NC(=O)c1ccccc1NC(=O)CS(=O)Cc1cccc(C(=O)O)c1. The van der Waals surface area contributed by atoms with E-state index in [9.17, 15) is 18.6 Å². The van der Waals surface area contributed by atoms with Gasteiger partial charge in [0.2, 0.25) is 5.91 Å². The minimum Gasteiger partial charge on any atom is -0.478 e. The van der Waals surface area contributed by atoms with Gasteiger partial charge in [0.25, 0.3) is 5.91 Å². The lowest BCUT2D eigenvalue weighted by atomic mass is 10.1. The molecule has 0 saturated carbocycles. The Kier molecular flexibility index (Phi) is 6.02. The zero-order valence-corrected chi connectivity index (χ0v) is 13.9. The molecule has 2 aromatic rings.